The van der Waals surface area contributed by atoms with Crippen molar-refractivity contribution in [2.24, 2.45) is 0 Å². The summed E-state index contributed by atoms with van der Waals surface area (Å²) in [5, 5.41) is 3.59. The summed E-state index contributed by atoms with van der Waals surface area (Å²) in [6.45, 7) is 3.99. The van der Waals surface area contributed by atoms with Gasteiger partial charge >= 0.3 is 0 Å². The third kappa shape index (κ3) is 4.79. The molecule has 2 aliphatic rings. The van der Waals surface area contributed by atoms with Gasteiger partial charge in [-0.2, -0.15) is 0 Å². The standard InChI is InChI=1S/C16H30N2O/c1-14(16(19)18-12-8-5-9-13-18)17-15-10-6-3-2-4-7-11-15/h14-15,17H,2-13H2,1H3. The second kappa shape index (κ2) is 7.88. The monoisotopic (exact) mass is 266 g/mol. The van der Waals surface area contributed by atoms with Crippen LogP contribution in [-0.4, -0.2) is 36.0 Å². The minimum atomic E-state index is 0.00234. The van der Waals surface area contributed by atoms with Crippen molar-refractivity contribution in [3.05, 3.63) is 0 Å². The first kappa shape index (κ1) is 14.8. The van der Waals surface area contributed by atoms with E-state index in [0.717, 1.165) is 13.1 Å². The number of carbonyl (C=O) groups is 1. The highest BCUT2D eigenvalue weighted by Gasteiger charge is 2.24. The Kier molecular flexibility index (Phi) is 6.15. The minimum absolute atomic E-state index is 0.00234. The Morgan fingerprint density at radius 1 is 0.947 bits per heavy atom. The Labute approximate surface area is 118 Å². The molecule has 1 N–H and O–H groups in total. The number of amides is 1. The molecule has 2 fully saturated rings. The molecule has 3 nitrogen and oxygen atoms in total. The number of hydrogen-bond acceptors (Lipinski definition) is 2. The Hall–Kier alpha value is -0.570. The zero-order valence-electron chi connectivity index (χ0n) is 12.5. The van der Waals surface area contributed by atoms with Gasteiger partial charge in [-0.1, -0.05) is 32.1 Å². The van der Waals surface area contributed by atoms with Gasteiger partial charge in [0.15, 0.2) is 0 Å². The van der Waals surface area contributed by atoms with Crippen LogP contribution in [0.1, 0.15) is 71.1 Å². The summed E-state index contributed by atoms with van der Waals surface area (Å²) < 4.78 is 0. The van der Waals surface area contributed by atoms with E-state index in [2.05, 4.69) is 17.1 Å². The molecule has 0 aromatic rings. The van der Waals surface area contributed by atoms with Crippen LogP contribution >= 0.6 is 0 Å². The van der Waals surface area contributed by atoms with Gasteiger partial charge in [0, 0.05) is 19.1 Å². The minimum Gasteiger partial charge on any atom is -0.341 e. The smallest absolute Gasteiger partial charge is 0.239 e. The third-order valence-corrected chi connectivity index (χ3v) is 4.63. The molecule has 0 bridgehead atoms. The maximum atomic E-state index is 12.4. The lowest BCUT2D eigenvalue weighted by Crippen LogP contribution is -2.49. The maximum absolute atomic E-state index is 12.4. The molecule has 0 spiro atoms. The first-order valence-corrected chi connectivity index (χ1v) is 8.32. The molecule has 1 unspecified atom stereocenters. The van der Waals surface area contributed by atoms with Crippen LogP contribution in [-0.2, 0) is 4.79 Å². The number of rotatable bonds is 3. The molecule has 1 atom stereocenters. The summed E-state index contributed by atoms with van der Waals surface area (Å²) in [5.41, 5.74) is 0. The molecule has 0 radical (unpaired) electrons. The molecule has 1 saturated carbocycles. The van der Waals surface area contributed by atoms with Crippen molar-refractivity contribution in [3.63, 3.8) is 0 Å². The van der Waals surface area contributed by atoms with E-state index < -0.39 is 0 Å². The highest BCUT2D eigenvalue weighted by Crippen LogP contribution is 2.18. The van der Waals surface area contributed by atoms with Crippen molar-refractivity contribution >= 4 is 5.91 Å². The van der Waals surface area contributed by atoms with Crippen LogP contribution in [0.3, 0.4) is 0 Å². The largest absolute Gasteiger partial charge is 0.341 e. The van der Waals surface area contributed by atoms with Crippen molar-refractivity contribution in [1.82, 2.24) is 10.2 Å². The molecule has 19 heavy (non-hydrogen) atoms. The third-order valence-electron chi connectivity index (χ3n) is 4.63. The van der Waals surface area contributed by atoms with E-state index in [-0.39, 0.29) is 6.04 Å². The Morgan fingerprint density at radius 2 is 1.47 bits per heavy atom. The predicted octanol–water partition coefficient (Wildman–Crippen LogP) is 3.09. The molecule has 1 saturated heterocycles. The molecule has 2 rings (SSSR count). The molecule has 0 aromatic carbocycles. The summed E-state index contributed by atoms with van der Waals surface area (Å²) >= 11 is 0. The number of hydrogen-bond donors (Lipinski definition) is 1. The van der Waals surface area contributed by atoms with Crippen LogP contribution in [0.5, 0.6) is 0 Å². The zero-order chi connectivity index (χ0) is 13.5. The van der Waals surface area contributed by atoms with Gasteiger partial charge in [-0.15, -0.1) is 0 Å². The molecular weight excluding hydrogens is 236 g/mol. The average molecular weight is 266 g/mol. The maximum Gasteiger partial charge on any atom is 0.239 e. The summed E-state index contributed by atoms with van der Waals surface area (Å²) in [6, 6.07) is 0.562. The van der Waals surface area contributed by atoms with Crippen LogP contribution < -0.4 is 5.32 Å². The van der Waals surface area contributed by atoms with Crippen LogP contribution in [0.2, 0.25) is 0 Å². The summed E-state index contributed by atoms with van der Waals surface area (Å²) in [7, 11) is 0. The summed E-state index contributed by atoms with van der Waals surface area (Å²) in [6.07, 6.45) is 12.9. The van der Waals surface area contributed by atoms with Gasteiger partial charge < -0.3 is 10.2 Å². The van der Waals surface area contributed by atoms with Crippen LogP contribution in [0.25, 0.3) is 0 Å². The van der Waals surface area contributed by atoms with Crippen molar-refractivity contribution in [1.29, 1.82) is 0 Å². The lowest BCUT2D eigenvalue weighted by molar-refractivity contribution is -0.134. The summed E-state index contributed by atoms with van der Waals surface area (Å²) in [5.74, 6) is 0.321. The van der Waals surface area contributed by atoms with E-state index in [4.69, 9.17) is 0 Å². The van der Waals surface area contributed by atoms with Crippen LogP contribution in [0.15, 0.2) is 0 Å². The number of piperidine rings is 1. The lowest BCUT2D eigenvalue weighted by Gasteiger charge is -2.31. The molecule has 1 amide bonds. The fourth-order valence-corrected chi connectivity index (χ4v) is 3.44. The molecule has 0 aromatic heterocycles. The van der Waals surface area contributed by atoms with Crippen molar-refractivity contribution in [2.45, 2.75) is 83.2 Å². The van der Waals surface area contributed by atoms with E-state index in [1.54, 1.807) is 0 Å². The van der Waals surface area contributed by atoms with Gasteiger partial charge in [0.1, 0.15) is 0 Å². The van der Waals surface area contributed by atoms with E-state index in [1.165, 1.54) is 64.2 Å². The first-order valence-electron chi connectivity index (χ1n) is 8.32. The van der Waals surface area contributed by atoms with Gasteiger partial charge in [-0.3, -0.25) is 4.79 Å². The highest BCUT2D eigenvalue weighted by atomic mass is 16.2. The number of nitrogens with zero attached hydrogens (tertiary/aromatic N) is 1. The molecular formula is C16H30N2O. The quantitative estimate of drug-likeness (QED) is 0.851. The topological polar surface area (TPSA) is 32.3 Å². The number of carbonyl (C=O) groups excluding carboxylic acids is 1. The van der Waals surface area contributed by atoms with Gasteiger partial charge in [-0.05, 0) is 39.0 Å². The SMILES string of the molecule is CC(NC1CCCCCCC1)C(=O)N1CCCCC1. The van der Waals surface area contributed by atoms with E-state index >= 15 is 0 Å². The van der Waals surface area contributed by atoms with Gasteiger partial charge in [0.25, 0.3) is 0 Å². The van der Waals surface area contributed by atoms with Crippen molar-refractivity contribution in [2.75, 3.05) is 13.1 Å². The van der Waals surface area contributed by atoms with E-state index in [9.17, 15) is 4.79 Å². The normalized spacial score (nSPS) is 24.6. The summed E-state index contributed by atoms with van der Waals surface area (Å²) in [4.78, 5) is 14.4. The van der Waals surface area contributed by atoms with Crippen molar-refractivity contribution < 1.29 is 4.79 Å². The molecule has 1 aliphatic carbocycles. The van der Waals surface area contributed by atoms with E-state index in [0.29, 0.717) is 11.9 Å². The zero-order valence-corrected chi connectivity index (χ0v) is 12.5. The van der Waals surface area contributed by atoms with E-state index in [1.807, 2.05) is 0 Å². The second-order valence-corrected chi connectivity index (χ2v) is 6.32. The highest BCUT2D eigenvalue weighted by molar-refractivity contribution is 5.81. The fraction of sp³-hybridized carbons (Fsp3) is 0.938. The molecule has 110 valence electrons. The lowest BCUT2D eigenvalue weighted by atomic mass is 9.96. The first-order chi connectivity index (χ1) is 9.27. The predicted molar refractivity (Wildman–Crippen MR) is 79.1 cm³/mol. The Bertz CT molecular complexity index is 266. The van der Waals surface area contributed by atoms with Gasteiger partial charge in [-0.25, -0.2) is 0 Å². The average Bonchev–Trinajstić information content (AvgIpc) is 2.41. The van der Waals surface area contributed by atoms with Gasteiger partial charge in [0.05, 0.1) is 6.04 Å². The fourth-order valence-electron chi connectivity index (χ4n) is 3.44. The molecule has 1 aliphatic heterocycles. The van der Waals surface area contributed by atoms with Gasteiger partial charge in [0.2, 0.25) is 5.91 Å². The molecule has 3 heteroatoms. The van der Waals surface area contributed by atoms with Crippen molar-refractivity contribution in [3.8, 4) is 0 Å². The number of likely N-dealkylation sites (tertiary alicyclic amines) is 1. The number of nitrogens with one attached hydrogen (secondary N) is 1. The van der Waals surface area contributed by atoms with Crippen LogP contribution in [0.4, 0.5) is 0 Å². The Balaban J connectivity index is 1.77. The van der Waals surface area contributed by atoms with Crippen LogP contribution in [0, 0.1) is 0 Å². The molecule has 1 heterocycles. The second-order valence-electron chi connectivity index (χ2n) is 6.32. The Morgan fingerprint density at radius 3 is 2.11 bits per heavy atom.